The van der Waals surface area contributed by atoms with E-state index in [1.54, 1.807) is 18.2 Å². The molecule has 0 saturated carbocycles. The summed E-state index contributed by atoms with van der Waals surface area (Å²) in [4.78, 5) is 30.2. The predicted octanol–water partition coefficient (Wildman–Crippen LogP) is 5.81. The largest absolute Gasteiger partial charge is 0.322 e. The highest BCUT2D eigenvalue weighted by molar-refractivity contribution is 8.00. The van der Waals surface area contributed by atoms with E-state index in [2.05, 4.69) is 15.6 Å². The SMILES string of the molecule is CCC(Sc1cccc(NC(=O)c2ccccc2C)c1)C(=O)Nc1ccc(Cl)cn1. The van der Waals surface area contributed by atoms with Crippen molar-refractivity contribution in [2.24, 2.45) is 0 Å². The smallest absolute Gasteiger partial charge is 0.255 e. The molecule has 0 bridgehead atoms. The van der Waals surface area contributed by atoms with Crippen LogP contribution in [0.3, 0.4) is 0 Å². The molecule has 2 N–H and O–H groups in total. The quantitative estimate of drug-likeness (QED) is 0.456. The van der Waals surface area contributed by atoms with Crippen molar-refractivity contribution in [3.63, 3.8) is 0 Å². The maximum atomic E-state index is 12.6. The van der Waals surface area contributed by atoms with Crippen molar-refractivity contribution in [2.75, 3.05) is 10.6 Å². The second kappa shape index (κ2) is 10.3. The first-order chi connectivity index (χ1) is 14.5. The first-order valence-corrected chi connectivity index (χ1v) is 10.8. The fourth-order valence-electron chi connectivity index (χ4n) is 2.82. The van der Waals surface area contributed by atoms with E-state index < -0.39 is 0 Å². The number of aromatic nitrogens is 1. The second-order valence-electron chi connectivity index (χ2n) is 6.66. The van der Waals surface area contributed by atoms with E-state index in [4.69, 9.17) is 11.6 Å². The monoisotopic (exact) mass is 439 g/mol. The van der Waals surface area contributed by atoms with E-state index in [0.717, 1.165) is 10.5 Å². The summed E-state index contributed by atoms with van der Waals surface area (Å²) in [6.45, 7) is 3.86. The Balaban J connectivity index is 1.67. The number of nitrogens with zero attached hydrogens (tertiary/aromatic N) is 1. The molecular formula is C23H22ClN3O2S. The summed E-state index contributed by atoms with van der Waals surface area (Å²) in [6, 6.07) is 18.3. The number of thioether (sulfide) groups is 1. The minimum absolute atomic E-state index is 0.133. The van der Waals surface area contributed by atoms with Gasteiger partial charge in [0.05, 0.1) is 10.3 Å². The molecule has 1 aromatic heterocycles. The van der Waals surface area contributed by atoms with Gasteiger partial charge in [-0.05, 0) is 55.3 Å². The van der Waals surface area contributed by atoms with Gasteiger partial charge >= 0.3 is 0 Å². The average molecular weight is 440 g/mol. The van der Waals surface area contributed by atoms with Crippen molar-refractivity contribution >= 4 is 46.7 Å². The summed E-state index contributed by atoms with van der Waals surface area (Å²) < 4.78 is 0. The number of halogens is 1. The molecule has 2 amide bonds. The summed E-state index contributed by atoms with van der Waals surface area (Å²) in [7, 11) is 0. The number of hydrogen-bond acceptors (Lipinski definition) is 4. The number of rotatable bonds is 7. The fraction of sp³-hybridized carbons (Fsp3) is 0.174. The number of anilines is 2. The highest BCUT2D eigenvalue weighted by Crippen LogP contribution is 2.28. The molecule has 1 heterocycles. The third-order valence-corrected chi connectivity index (χ3v) is 5.98. The first kappa shape index (κ1) is 21.9. The highest BCUT2D eigenvalue weighted by atomic mass is 35.5. The van der Waals surface area contributed by atoms with Gasteiger partial charge in [0.15, 0.2) is 0 Å². The molecule has 0 spiro atoms. The normalized spacial score (nSPS) is 11.6. The molecule has 0 fully saturated rings. The van der Waals surface area contributed by atoms with Crippen LogP contribution in [-0.4, -0.2) is 22.0 Å². The number of aryl methyl sites for hydroxylation is 1. The fourth-order valence-corrected chi connectivity index (χ4v) is 3.94. The van der Waals surface area contributed by atoms with Crippen LogP contribution in [0.25, 0.3) is 0 Å². The Labute approximate surface area is 185 Å². The predicted molar refractivity (Wildman–Crippen MR) is 123 cm³/mol. The van der Waals surface area contributed by atoms with E-state index in [9.17, 15) is 9.59 Å². The summed E-state index contributed by atoms with van der Waals surface area (Å²) in [5, 5.41) is 5.96. The molecule has 0 saturated heterocycles. The Kier molecular flexibility index (Phi) is 7.49. The van der Waals surface area contributed by atoms with Crippen molar-refractivity contribution in [2.45, 2.75) is 30.4 Å². The lowest BCUT2D eigenvalue weighted by atomic mass is 10.1. The Hall–Kier alpha value is -2.83. The number of nitrogens with one attached hydrogen (secondary N) is 2. The van der Waals surface area contributed by atoms with E-state index in [-0.39, 0.29) is 17.1 Å². The molecular weight excluding hydrogens is 418 g/mol. The van der Waals surface area contributed by atoms with Crippen LogP contribution in [0.2, 0.25) is 5.02 Å². The molecule has 30 heavy (non-hydrogen) atoms. The molecule has 0 aliphatic heterocycles. The van der Waals surface area contributed by atoms with Gasteiger partial charge in [0.2, 0.25) is 5.91 Å². The Morgan fingerprint density at radius 3 is 2.57 bits per heavy atom. The molecule has 2 aromatic carbocycles. The maximum absolute atomic E-state index is 12.6. The molecule has 5 nitrogen and oxygen atoms in total. The van der Waals surface area contributed by atoms with Crippen LogP contribution in [-0.2, 0) is 4.79 Å². The lowest BCUT2D eigenvalue weighted by molar-refractivity contribution is -0.115. The van der Waals surface area contributed by atoms with Crippen molar-refractivity contribution in [3.05, 3.63) is 83.0 Å². The molecule has 1 unspecified atom stereocenters. The summed E-state index contributed by atoms with van der Waals surface area (Å²) >= 11 is 7.28. The van der Waals surface area contributed by atoms with Crippen LogP contribution >= 0.6 is 23.4 Å². The van der Waals surface area contributed by atoms with Gasteiger partial charge in [0.25, 0.3) is 5.91 Å². The number of carbonyl (C=O) groups excluding carboxylic acids is 2. The van der Waals surface area contributed by atoms with Gasteiger partial charge < -0.3 is 10.6 Å². The van der Waals surface area contributed by atoms with Crippen molar-refractivity contribution < 1.29 is 9.59 Å². The minimum atomic E-state index is -0.301. The van der Waals surface area contributed by atoms with Crippen LogP contribution in [0.5, 0.6) is 0 Å². The van der Waals surface area contributed by atoms with Gasteiger partial charge in [-0.1, -0.05) is 42.8 Å². The van der Waals surface area contributed by atoms with Crippen LogP contribution in [0.15, 0.2) is 71.8 Å². The zero-order chi connectivity index (χ0) is 21.5. The number of pyridine rings is 1. The third kappa shape index (κ3) is 5.84. The topological polar surface area (TPSA) is 71.1 Å². The van der Waals surface area contributed by atoms with E-state index in [1.165, 1.54) is 18.0 Å². The lowest BCUT2D eigenvalue weighted by Crippen LogP contribution is -2.25. The van der Waals surface area contributed by atoms with Gasteiger partial charge in [-0.2, -0.15) is 0 Å². The zero-order valence-electron chi connectivity index (χ0n) is 16.7. The van der Waals surface area contributed by atoms with E-state index in [0.29, 0.717) is 28.5 Å². The Morgan fingerprint density at radius 1 is 1.07 bits per heavy atom. The minimum Gasteiger partial charge on any atom is -0.322 e. The first-order valence-electron chi connectivity index (χ1n) is 9.52. The van der Waals surface area contributed by atoms with Crippen LogP contribution in [0.4, 0.5) is 11.5 Å². The van der Waals surface area contributed by atoms with Crippen molar-refractivity contribution in [1.82, 2.24) is 4.98 Å². The molecule has 0 radical (unpaired) electrons. The van der Waals surface area contributed by atoms with Crippen LogP contribution in [0, 0.1) is 6.92 Å². The van der Waals surface area contributed by atoms with Crippen LogP contribution < -0.4 is 10.6 Å². The summed E-state index contributed by atoms with van der Waals surface area (Å²) in [5.41, 5.74) is 2.23. The molecule has 3 rings (SSSR count). The molecule has 0 aliphatic rings. The standard InChI is InChI=1S/C23H22ClN3O2S/c1-3-20(23(29)27-21-12-11-16(24)14-25-21)30-18-9-6-8-17(13-18)26-22(28)19-10-5-4-7-15(19)2/h4-14,20H,3H2,1-2H3,(H,26,28)(H,25,27,29). The summed E-state index contributed by atoms with van der Waals surface area (Å²) in [5.74, 6) is 0.170. The van der Waals surface area contributed by atoms with Gasteiger partial charge in [0.1, 0.15) is 5.82 Å². The number of amides is 2. The van der Waals surface area contributed by atoms with Gasteiger partial charge in [-0.3, -0.25) is 9.59 Å². The summed E-state index contributed by atoms with van der Waals surface area (Å²) in [6.07, 6.45) is 2.13. The van der Waals surface area contributed by atoms with Gasteiger partial charge in [0, 0.05) is 22.3 Å². The number of carbonyl (C=O) groups is 2. The second-order valence-corrected chi connectivity index (χ2v) is 8.38. The maximum Gasteiger partial charge on any atom is 0.255 e. The van der Waals surface area contributed by atoms with Gasteiger partial charge in [-0.15, -0.1) is 11.8 Å². The zero-order valence-corrected chi connectivity index (χ0v) is 18.3. The molecule has 3 aromatic rings. The van der Waals surface area contributed by atoms with Crippen LogP contribution in [0.1, 0.15) is 29.3 Å². The third-order valence-electron chi connectivity index (χ3n) is 4.40. The molecule has 154 valence electrons. The molecule has 7 heteroatoms. The number of hydrogen-bond donors (Lipinski definition) is 2. The van der Waals surface area contributed by atoms with Crippen molar-refractivity contribution in [1.29, 1.82) is 0 Å². The molecule has 0 aliphatic carbocycles. The van der Waals surface area contributed by atoms with E-state index in [1.807, 2.05) is 56.3 Å². The Morgan fingerprint density at radius 2 is 1.87 bits per heavy atom. The lowest BCUT2D eigenvalue weighted by Gasteiger charge is -2.15. The highest BCUT2D eigenvalue weighted by Gasteiger charge is 2.19. The molecule has 1 atom stereocenters. The number of benzene rings is 2. The van der Waals surface area contributed by atoms with E-state index >= 15 is 0 Å². The Bertz CT molecular complexity index is 1040. The van der Waals surface area contributed by atoms with Gasteiger partial charge in [-0.25, -0.2) is 4.98 Å². The average Bonchev–Trinajstić information content (AvgIpc) is 2.74. The van der Waals surface area contributed by atoms with Crippen molar-refractivity contribution in [3.8, 4) is 0 Å².